The molecule has 2 aromatic heterocycles. The highest BCUT2D eigenvalue weighted by molar-refractivity contribution is 5.96. The molecule has 0 bridgehead atoms. The number of carbonyl (C=O) groups is 2. The number of ether oxygens (including phenoxy) is 1. The molecule has 1 saturated carbocycles. The fourth-order valence-electron chi connectivity index (χ4n) is 7.59. The van der Waals surface area contributed by atoms with E-state index in [1.807, 2.05) is 19.1 Å². The Morgan fingerprint density at radius 2 is 1.80 bits per heavy atom. The standard InChI is InChI=1S/C37H44F2N8O3/c1-4-23-15-25(43-34-35-42-20-30(46(35)12-11-41-34)29-7-8-31(50-3)33(39)32(29)38)5-6-28(23)37(49)45-27-16-26(17-27)44-36(48)24-9-13-47(2,14-10-24)21-22-18-40-19-22/h5-8,11-12,15,20,22,24,26-27,40H,4,9-10,13-14,16-19,21H2,1-3H3,(H2-,41,43,44,45,48,49)/p+1/t24?,26-,27+,47?. The van der Waals surface area contributed by atoms with Gasteiger partial charge in [-0.25, -0.2) is 14.4 Å². The SMILES string of the molecule is CCc1cc(Nc2nccn3c(-c4ccc(OC)c(F)c4F)cnc23)ccc1C(=O)N[C@H]1C[C@@H](NC(=O)C2CC[N+](C)(CC3CNC3)CC2)C1. The molecule has 264 valence electrons. The molecule has 2 amide bonds. The number of aryl methyl sites for hydroxylation is 1. The minimum absolute atomic E-state index is 0.0122. The van der Waals surface area contributed by atoms with Crippen molar-refractivity contribution in [2.24, 2.45) is 11.8 Å². The molecule has 11 nitrogen and oxygen atoms in total. The van der Waals surface area contributed by atoms with Gasteiger partial charge in [-0.15, -0.1) is 0 Å². The number of carbonyl (C=O) groups excluding carboxylic acids is 2. The molecule has 1 aliphatic carbocycles. The van der Waals surface area contributed by atoms with E-state index in [4.69, 9.17) is 4.74 Å². The largest absolute Gasteiger partial charge is 0.494 e. The number of nitrogens with one attached hydrogen (secondary N) is 4. The summed E-state index contributed by atoms with van der Waals surface area (Å²) in [5.41, 5.74) is 2.99. The number of likely N-dealkylation sites (tertiary alicyclic amines) is 1. The highest BCUT2D eigenvalue weighted by Crippen LogP contribution is 2.32. The number of imidazole rings is 1. The van der Waals surface area contributed by atoms with Crippen molar-refractivity contribution in [1.82, 2.24) is 30.3 Å². The van der Waals surface area contributed by atoms with Crippen molar-refractivity contribution in [3.63, 3.8) is 0 Å². The van der Waals surface area contributed by atoms with Gasteiger partial charge < -0.3 is 30.5 Å². The Kier molecular flexibility index (Phi) is 9.44. The summed E-state index contributed by atoms with van der Waals surface area (Å²) in [5.74, 6) is -0.993. The van der Waals surface area contributed by atoms with Gasteiger partial charge in [0.15, 0.2) is 23.0 Å². The van der Waals surface area contributed by atoms with Crippen molar-refractivity contribution in [3.8, 4) is 17.0 Å². The number of rotatable bonds is 11. The zero-order valence-corrected chi connectivity index (χ0v) is 28.8. The fraction of sp³-hybridized carbons (Fsp3) is 0.459. The summed E-state index contributed by atoms with van der Waals surface area (Å²) in [7, 11) is 3.61. The van der Waals surface area contributed by atoms with Crippen molar-refractivity contribution in [3.05, 3.63) is 71.7 Å². The highest BCUT2D eigenvalue weighted by atomic mass is 19.2. The van der Waals surface area contributed by atoms with E-state index >= 15 is 0 Å². The summed E-state index contributed by atoms with van der Waals surface area (Å²) < 4.78 is 37.0. The molecule has 0 radical (unpaired) electrons. The van der Waals surface area contributed by atoms with Crippen LogP contribution < -0.4 is 26.0 Å². The lowest BCUT2D eigenvalue weighted by atomic mass is 9.85. The number of piperidine rings is 1. The molecular weight excluding hydrogens is 642 g/mol. The van der Waals surface area contributed by atoms with Crippen LogP contribution in [-0.2, 0) is 11.2 Å². The van der Waals surface area contributed by atoms with Crippen molar-refractivity contribution in [2.75, 3.05) is 52.2 Å². The van der Waals surface area contributed by atoms with E-state index in [1.165, 1.54) is 32.0 Å². The van der Waals surface area contributed by atoms with Crippen LogP contribution in [0.15, 0.2) is 48.9 Å². The molecule has 7 rings (SSSR count). The van der Waals surface area contributed by atoms with Crippen LogP contribution in [0.5, 0.6) is 5.75 Å². The Bertz CT molecular complexity index is 1900. The van der Waals surface area contributed by atoms with Crippen LogP contribution in [0.1, 0.15) is 48.5 Å². The zero-order valence-electron chi connectivity index (χ0n) is 28.8. The third-order valence-electron chi connectivity index (χ3n) is 10.8. The van der Waals surface area contributed by atoms with Gasteiger partial charge in [0, 0.05) is 79.1 Å². The number of anilines is 2. The number of benzene rings is 2. The Balaban J connectivity index is 0.938. The molecule has 2 aliphatic heterocycles. The van der Waals surface area contributed by atoms with Crippen LogP contribution in [0.25, 0.3) is 16.9 Å². The molecule has 0 unspecified atom stereocenters. The molecule has 13 heteroatoms. The van der Waals surface area contributed by atoms with E-state index in [-0.39, 0.29) is 41.1 Å². The zero-order chi connectivity index (χ0) is 35.0. The molecule has 3 fully saturated rings. The second-order valence-corrected chi connectivity index (χ2v) is 14.3. The lowest BCUT2D eigenvalue weighted by Crippen LogP contribution is -2.59. The van der Waals surface area contributed by atoms with E-state index in [0.717, 1.165) is 67.8 Å². The van der Waals surface area contributed by atoms with Crippen molar-refractivity contribution in [2.45, 2.75) is 51.1 Å². The number of halogens is 2. The summed E-state index contributed by atoms with van der Waals surface area (Å²) in [5, 5.41) is 13.0. The molecule has 50 heavy (non-hydrogen) atoms. The molecule has 2 saturated heterocycles. The number of nitrogens with zero attached hydrogens (tertiary/aromatic N) is 4. The van der Waals surface area contributed by atoms with E-state index in [1.54, 1.807) is 22.9 Å². The number of amides is 2. The van der Waals surface area contributed by atoms with Crippen LogP contribution in [0.4, 0.5) is 20.3 Å². The van der Waals surface area contributed by atoms with Crippen LogP contribution >= 0.6 is 0 Å². The van der Waals surface area contributed by atoms with Crippen LogP contribution in [0, 0.1) is 23.5 Å². The monoisotopic (exact) mass is 687 g/mol. The number of methoxy groups -OCH3 is 1. The van der Waals surface area contributed by atoms with Gasteiger partial charge in [0.2, 0.25) is 11.7 Å². The van der Waals surface area contributed by atoms with Crippen molar-refractivity contribution in [1.29, 1.82) is 0 Å². The van der Waals surface area contributed by atoms with Crippen molar-refractivity contribution >= 4 is 29.0 Å². The number of quaternary nitrogens is 1. The summed E-state index contributed by atoms with van der Waals surface area (Å²) in [4.78, 5) is 35.2. The first kappa shape index (κ1) is 33.9. The van der Waals surface area contributed by atoms with Crippen LogP contribution in [0.3, 0.4) is 0 Å². The maximum Gasteiger partial charge on any atom is 0.251 e. The molecule has 0 spiro atoms. The Morgan fingerprint density at radius 1 is 1.04 bits per heavy atom. The molecule has 2 aromatic carbocycles. The smallest absolute Gasteiger partial charge is 0.251 e. The maximum absolute atomic E-state index is 14.9. The summed E-state index contributed by atoms with van der Waals surface area (Å²) in [6.45, 7) is 7.53. The second-order valence-electron chi connectivity index (χ2n) is 14.3. The Morgan fingerprint density at radius 3 is 2.50 bits per heavy atom. The second kappa shape index (κ2) is 13.9. The topological polar surface area (TPSA) is 122 Å². The molecule has 4 heterocycles. The van der Waals surface area contributed by atoms with Gasteiger partial charge >= 0.3 is 0 Å². The number of hydrogen-bond acceptors (Lipinski definition) is 7. The van der Waals surface area contributed by atoms with Gasteiger partial charge in [0.1, 0.15) is 0 Å². The maximum atomic E-state index is 14.9. The minimum atomic E-state index is -1.07. The van der Waals surface area contributed by atoms with Gasteiger partial charge in [-0.05, 0) is 55.2 Å². The van der Waals surface area contributed by atoms with Gasteiger partial charge in [-0.2, -0.15) is 4.39 Å². The lowest BCUT2D eigenvalue weighted by Gasteiger charge is -2.44. The first-order chi connectivity index (χ1) is 24.1. The van der Waals surface area contributed by atoms with E-state index in [2.05, 4.69) is 38.3 Å². The molecule has 3 aliphatic rings. The van der Waals surface area contributed by atoms with E-state index in [9.17, 15) is 18.4 Å². The summed E-state index contributed by atoms with van der Waals surface area (Å²) in [6.07, 6.45) is 8.59. The normalized spacial score (nSPS) is 23.5. The molecule has 4 N–H and O–H groups in total. The Labute approximate surface area is 290 Å². The molecule has 0 atom stereocenters. The lowest BCUT2D eigenvalue weighted by molar-refractivity contribution is -0.918. The van der Waals surface area contributed by atoms with E-state index in [0.29, 0.717) is 34.8 Å². The first-order valence-corrected chi connectivity index (χ1v) is 17.5. The van der Waals surface area contributed by atoms with Gasteiger partial charge in [-0.3, -0.25) is 14.0 Å². The van der Waals surface area contributed by atoms with Gasteiger partial charge in [0.25, 0.3) is 5.91 Å². The van der Waals surface area contributed by atoms with Crippen LogP contribution in [0.2, 0.25) is 0 Å². The number of aromatic nitrogens is 3. The quantitative estimate of drug-likeness (QED) is 0.172. The average Bonchev–Trinajstić information content (AvgIpc) is 3.51. The molecular formula is C37H45F2N8O3+. The first-order valence-electron chi connectivity index (χ1n) is 17.5. The third kappa shape index (κ3) is 6.76. The van der Waals surface area contributed by atoms with Gasteiger partial charge in [-0.1, -0.05) is 6.92 Å². The third-order valence-corrected chi connectivity index (χ3v) is 10.8. The predicted molar refractivity (Wildman–Crippen MR) is 186 cm³/mol. The summed E-state index contributed by atoms with van der Waals surface area (Å²) >= 11 is 0. The van der Waals surface area contributed by atoms with Crippen LogP contribution in [-0.4, -0.2) is 89.6 Å². The predicted octanol–water partition coefficient (Wildman–Crippen LogP) is 4.44. The minimum Gasteiger partial charge on any atom is -0.494 e. The number of hydrogen-bond donors (Lipinski definition) is 4. The summed E-state index contributed by atoms with van der Waals surface area (Å²) in [6, 6.07) is 8.43. The van der Waals surface area contributed by atoms with E-state index < -0.39 is 11.6 Å². The fourth-order valence-corrected chi connectivity index (χ4v) is 7.59. The van der Waals surface area contributed by atoms with Crippen molar-refractivity contribution < 1.29 is 27.6 Å². The highest BCUT2D eigenvalue weighted by Gasteiger charge is 2.38. The molecule has 4 aromatic rings. The Hall–Kier alpha value is -4.62. The van der Waals surface area contributed by atoms with Gasteiger partial charge in [0.05, 0.1) is 45.7 Å². The average molecular weight is 688 g/mol. The number of fused-ring (bicyclic) bond motifs is 1.